The van der Waals surface area contributed by atoms with E-state index in [-0.39, 0.29) is 0 Å². The van der Waals surface area contributed by atoms with Crippen LogP contribution < -0.4 is 0 Å². The molecule has 2 heterocycles. The molecule has 0 saturated heterocycles. The van der Waals surface area contributed by atoms with Crippen LogP contribution >= 0.6 is 34.9 Å². The molecule has 0 fully saturated rings. The average Bonchev–Trinajstić information content (AvgIpc) is 2.90. The number of benzene rings is 1. The molecule has 0 amide bonds. The van der Waals surface area contributed by atoms with Gasteiger partial charge < -0.3 is 0 Å². The fraction of sp³-hybridized carbons (Fsp3) is 0.167. The van der Waals surface area contributed by atoms with E-state index in [2.05, 4.69) is 20.2 Å². The summed E-state index contributed by atoms with van der Waals surface area (Å²) >= 11 is 4.28. The van der Waals surface area contributed by atoms with Gasteiger partial charge in [0.2, 0.25) is 0 Å². The summed E-state index contributed by atoms with van der Waals surface area (Å²) < 4.78 is 28.1. The van der Waals surface area contributed by atoms with Crippen LogP contribution in [0.3, 0.4) is 0 Å². The fourth-order valence-corrected chi connectivity index (χ4v) is 4.01. The molecule has 0 radical (unpaired) electrons. The second-order valence-electron chi connectivity index (χ2n) is 4.01. The van der Waals surface area contributed by atoms with Gasteiger partial charge in [0.05, 0.1) is 16.7 Å². The molecule has 21 heavy (non-hydrogen) atoms. The van der Waals surface area contributed by atoms with Gasteiger partial charge in [0, 0.05) is 12.1 Å². The van der Waals surface area contributed by atoms with Gasteiger partial charge in [0.25, 0.3) is 0 Å². The zero-order valence-electron chi connectivity index (χ0n) is 10.9. The first-order chi connectivity index (χ1) is 10.1. The molecule has 9 heteroatoms. The summed E-state index contributed by atoms with van der Waals surface area (Å²) in [4.78, 5) is 8.59. The van der Waals surface area contributed by atoms with Crippen LogP contribution in [0.1, 0.15) is 5.69 Å². The van der Waals surface area contributed by atoms with Gasteiger partial charge in [0.1, 0.15) is 5.03 Å². The average molecular weight is 342 g/mol. The van der Waals surface area contributed by atoms with Gasteiger partial charge in [-0.15, -0.1) is 10.2 Å². The molecule has 0 aliphatic rings. The molecule has 0 aliphatic heterocycles. The normalized spacial score (nSPS) is 11.2. The van der Waals surface area contributed by atoms with E-state index < -0.39 is 11.6 Å². The summed E-state index contributed by atoms with van der Waals surface area (Å²) in [7, 11) is 0. The number of rotatable bonds is 3. The van der Waals surface area contributed by atoms with Crippen molar-refractivity contribution >= 4 is 45.9 Å². The van der Waals surface area contributed by atoms with Gasteiger partial charge in [-0.1, -0.05) is 23.1 Å². The highest BCUT2D eigenvalue weighted by molar-refractivity contribution is 8.03. The van der Waals surface area contributed by atoms with Crippen molar-refractivity contribution in [2.45, 2.75) is 20.6 Å². The first-order valence-electron chi connectivity index (χ1n) is 5.75. The van der Waals surface area contributed by atoms with Crippen molar-refractivity contribution in [2.75, 3.05) is 6.26 Å². The fourth-order valence-electron chi connectivity index (χ4n) is 1.62. The van der Waals surface area contributed by atoms with Gasteiger partial charge in [0.15, 0.2) is 20.3 Å². The SMILES string of the molecule is CSc1nnc(Sc2nc3cc(F)c(F)cc3nc2C)s1. The highest BCUT2D eigenvalue weighted by Gasteiger charge is 2.13. The van der Waals surface area contributed by atoms with Crippen LogP contribution in [0, 0.1) is 18.6 Å². The standard InChI is InChI=1S/C12H8F2N4S3/c1-5-10(20-12-18-17-11(19-2)21-12)16-9-4-7(14)6(13)3-8(9)15-5/h3-4H,1-2H3. The summed E-state index contributed by atoms with van der Waals surface area (Å²) in [5, 5.41) is 8.65. The molecular formula is C12H8F2N4S3. The summed E-state index contributed by atoms with van der Waals surface area (Å²) in [5.41, 5.74) is 1.29. The molecule has 3 rings (SSSR count). The first-order valence-corrected chi connectivity index (χ1v) is 8.61. The minimum atomic E-state index is -0.933. The van der Waals surface area contributed by atoms with Gasteiger partial charge in [-0.3, -0.25) is 0 Å². The van der Waals surface area contributed by atoms with E-state index in [9.17, 15) is 8.78 Å². The Bertz CT molecular complexity index is 822. The number of nitrogens with zero attached hydrogens (tertiary/aromatic N) is 4. The number of fused-ring (bicyclic) bond motifs is 1. The maximum Gasteiger partial charge on any atom is 0.181 e. The third-order valence-electron chi connectivity index (χ3n) is 2.58. The topological polar surface area (TPSA) is 51.6 Å². The van der Waals surface area contributed by atoms with E-state index in [1.165, 1.54) is 34.9 Å². The lowest BCUT2D eigenvalue weighted by Crippen LogP contribution is -1.95. The number of aryl methyl sites for hydroxylation is 1. The summed E-state index contributed by atoms with van der Waals surface area (Å²) in [6, 6.07) is 2.10. The Hall–Kier alpha value is -1.32. The monoisotopic (exact) mass is 342 g/mol. The van der Waals surface area contributed by atoms with Gasteiger partial charge >= 0.3 is 0 Å². The molecule has 0 bridgehead atoms. The van der Waals surface area contributed by atoms with Crippen LogP contribution in [0.2, 0.25) is 0 Å². The molecule has 0 N–H and O–H groups in total. The molecule has 1 aromatic carbocycles. The molecule has 0 spiro atoms. The molecule has 0 unspecified atom stereocenters. The van der Waals surface area contributed by atoms with Crippen molar-refractivity contribution in [3.8, 4) is 0 Å². The molecule has 3 aromatic rings. The molecule has 0 saturated carbocycles. The van der Waals surface area contributed by atoms with E-state index in [4.69, 9.17) is 0 Å². The summed E-state index contributed by atoms with van der Waals surface area (Å²) in [5.74, 6) is -1.86. The smallest absolute Gasteiger partial charge is 0.181 e. The summed E-state index contributed by atoms with van der Waals surface area (Å²) in [6.45, 7) is 1.77. The highest BCUT2D eigenvalue weighted by Crippen LogP contribution is 2.33. The second-order valence-corrected chi connectivity index (χ2v) is 7.28. The molecule has 108 valence electrons. The van der Waals surface area contributed by atoms with Crippen molar-refractivity contribution < 1.29 is 8.78 Å². The van der Waals surface area contributed by atoms with Gasteiger partial charge in [-0.2, -0.15) is 0 Å². The molecular weight excluding hydrogens is 334 g/mol. The van der Waals surface area contributed by atoms with Gasteiger partial charge in [-0.25, -0.2) is 18.7 Å². The van der Waals surface area contributed by atoms with Crippen LogP contribution in [-0.2, 0) is 0 Å². The Morgan fingerprint density at radius 3 is 2.24 bits per heavy atom. The van der Waals surface area contributed by atoms with E-state index >= 15 is 0 Å². The van der Waals surface area contributed by atoms with Crippen molar-refractivity contribution in [1.82, 2.24) is 20.2 Å². The summed E-state index contributed by atoms with van der Waals surface area (Å²) in [6.07, 6.45) is 1.92. The van der Waals surface area contributed by atoms with Crippen molar-refractivity contribution in [1.29, 1.82) is 0 Å². The predicted octanol–water partition coefficient (Wildman–Crippen LogP) is 3.94. The molecule has 0 aliphatic carbocycles. The highest BCUT2D eigenvalue weighted by atomic mass is 32.2. The van der Waals surface area contributed by atoms with E-state index in [0.717, 1.165) is 20.8 Å². The van der Waals surface area contributed by atoms with Crippen molar-refractivity contribution in [3.05, 3.63) is 29.5 Å². The van der Waals surface area contributed by atoms with E-state index in [1.54, 1.807) is 6.92 Å². The zero-order chi connectivity index (χ0) is 15.0. The Kier molecular flexibility index (Phi) is 4.05. The lowest BCUT2D eigenvalue weighted by molar-refractivity contribution is 0.510. The van der Waals surface area contributed by atoms with Crippen LogP contribution in [0.15, 0.2) is 25.8 Å². The number of hydrogen-bond donors (Lipinski definition) is 0. The quantitative estimate of drug-likeness (QED) is 0.672. The minimum absolute atomic E-state index is 0.316. The van der Waals surface area contributed by atoms with E-state index in [0.29, 0.717) is 21.8 Å². The number of hydrogen-bond acceptors (Lipinski definition) is 7. The Morgan fingerprint density at radius 2 is 1.62 bits per heavy atom. The minimum Gasteiger partial charge on any atom is -0.249 e. The Labute approximate surface area is 131 Å². The lowest BCUT2D eigenvalue weighted by atomic mass is 10.3. The molecule has 2 aromatic heterocycles. The number of halogens is 2. The van der Waals surface area contributed by atoms with Crippen LogP contribution in [-0.4, -0.2) is 26.4 Å². The van der Waals surface area contributed by atoms with Crippen LogP contribution in [0.4, 0.5) is 8.78 Å². The largest absolute Gasteiger partial charge is 0.249 e. The van der Waals surface area contributed by atoms with Gasteiger partial charge in [-0.05, 0) is 24.9 Å². The predicted molar refractivity (Wildman–Crippen MR) is 80.0 cm³/mol. The maximum absolute atomic E-state index is 13.3. The first kappa shape index (κ1) is 14.6. The van der Waals surface area contributed by atoms with Crippen LogP contribution in [0.5, 0.6) is 0 Å². The number of aromatic nitrogens is 4. The number of thioether (sulfide) groups is 1. The third kappa shape index (κ3) is 2.99. The lowest BCUT2D eigenvalue weighted by Gasteiger charge is -2.04. The maximum atomic E-state index is 13.3. The molecule has 4 nitrogen and oxygen atoms in total. The Balaban J connectivity index is 2.01. The van der Waals surface area contributed by atoms with E-state index in [1.807, 2.05) is 6.26 Å². The second kappa shape index (κ2) is 5.82. The zero-order valence-corrected chi connectivity index (χ0v) is 13.4. The van der Waals surface area contributed by atoms with Crippen molar-refractivity contribution in [3.63, 3.8) is 0 Å². The van der Waals surface area contributed by atoms with Crippen molar-refractivity contribution in [2.24, 2.45) is 0 Å². The molecule has 0 atom stereocenters. The third-order valence-corrected chi connectivity index (χ3v) is 5.61. The Morgan fingerprint density at radius 1 is 1.00 bits per heavy atom. The van der Waals surface area contributed by atoms with Crippen LogP contribution in [0.25, 0.3) is 11.0 Å².